The molecule has 516 valence electrons. The van der Waals surface area contributed by atoms with Gasteiger partial charge in [-0.15, -0.1) is 0 Å². The highest BCUT2D eigenvalue weighted by Gasteiger charge is 2.27. The van der Waals surface area contributed by atoms with Gasteiger partial charge in [-0.05, 0) is 96.3 Å². The number of phosphoric acid groups is 1. The van der Waals surface area contributed by atoms with E-state index in [1.54, 1.807) is 0 Å². The molecule has 0 saturated carbocycles. The fraction of sp³-hybridized carbons (Fsp3) is 0.700. The van der Waals surface area contributed by atoms with E-state index in [-0.39, 0.29) is 32.0 Å². The summed E-state index contributed by atoms with van der Waals surface area (Å²) < 4.78 is 34.7. The first-order valence-corrected chi connectivity index (χ1v) is 38.4. The topological polar surface area (TPSA) is 108 Å². The Kier molecular flexibility index (Phi) is 66.5. The molecular formula is C80H139NO8P+. The number of allylic oxidation sites excluding steroid dienone is 22. The highest BCUT2D eigenvalue weighted by Crippen LogP contribution is 2.43. The summed E-state index contributed by atoms with van der Waals surface area (Å²) >= 11 is 0. The highest BCUT2D eigenvalue weighted by atomic mass is 31.2. The van der Waals surface area contributed by atoms with Gasteiger partial charge in [0.1, 0.15) is 19.8 Å². The van der Waals surface area contributed by atoms with Crippen LogP contribution < -0.4 is 0 Å². The second kappa shape index (κ2) is 69.5. The fourth-order valence-electron chi connectivity index (χ4n) is 10.1. The van der Waals surface area contributed by atoms with Crippen molar-refractivity contribution in [2.24, 2.45) is 0 Å². The van der Waals surface area contributed by atoms with E-state index in [0.717, 1.165) is 122 Å². The Morgan fingerprint density at radius 2 is 0.633 bits per heavy atom. The minimum absolute atomic E-state index is 0.0226. The fourth-order valence-corrected chi connectivity index (χ4v) is 10.8. The molecule has 0 aliphatic heterocycles. The number of carbonyl (C=O) groups excluding carboxylic acids is 2. The average Bonchev–Trinajstić information content (AvgIpc) is 3.58. The standard InChI is InChI=1S/C80H138NO8P/c1-6-8-10-12-14-16-18-20-22-24-26-28-30-32-34-35-36-37-38-39-40-41-42-43-44-45-47-49-51-53-55-57-59-61-63-65-67-69-71-73-80(83)89-78(77-88-90(84,85)87-75-74-81(3,4)5)76-86-79(82)72-70-68-66-64-62-60-58-56-54-52-50-48-46-33-31-29-27-25-23-21-19-17-15-13-11-9-7-2/h8,10,14,16,20,22,26,28,32,34,36-37,39-40,42-43,45,47,51,53,57,59,78H,6-7,9,11-13,15,17-19,21,23-25,27,29-31,33,35,38,41,44,46,48-50,52,54-56,58,60-77H2,1-5H3/p+1/b10-8-,16-14-,22-20-,28-26-,34-32-,37-36-,40-39-,43-42-,47-45-,53-51-,59-57-. The second-order valence-electron chi connectivity index (χ2n) is 25.6. The quantitative estimate of drug-likeness (QED) is 0.0211. The lowest BCUT2D eigenvalue weighted by molar-refractivity contribution is -0.870. The first-order chi connectivity index (χ1) is 44.0. The number of nitrogens with zero attached hydrogens (tertiary/aromatic N) is 1. The van der Waals surface area contributed by atoms with Crippen LogP contribution in [0.2, 0.25) is 0 Å². The zero-order valence-corrected chi connectivity index (χ0v) is 59.7. The molecule has 0 fully saturated rings. The van der Waals surface area contributed by atoms with E-state index >= 15 is 0 Å². The summed E-state index contributed by atoms with van der Waals surface area (Å²) in [5.41, 5.74) is 0. The van der Waals surface area contributed by atoms with E-state index in [1.165, 1.54) is 154 Å². The van der Waals surface area contributed by atoms with E-state index in [9.17, 15) is 19.0 Å². The maximum absolute atomic E-state index is 12.9. The summed E-state index contributed by atoms with van der Waals surface area (Å²) in [6.45, 7) is 4.32. The number of rotatable bonds is 67. The Bertz CT molecular complexity index is 1980. The number of unbranched alkanes of at least 4 members (excludes halogenated alkanes) is 31. The van der Waals surface area contributed by atoms with Gasteiger partial charge in [-0.1, -0.05) is 334 Å². The first kappa shape index (κ1) is 86.2. The lowest BCUT2D eigenvalue weighted by Crippen LogP contribution is -2.37. The monoisotopic (exact) mass is 1270 g/mol. The third-order valence-electron chi connectivity index (χ3n) is 15.7. The molecule has 90 heavy (non-hydrogen) atoms. The van der Waals surface area contributed by atoms with E-state index in [1.807, 2.05) is 21.1 Å². The van der Waals surface area contributed by atoms with Crippen LogP contribution in [0.1, 0.15) is 309 Å². The number of phosphoric ester groups is 1. The van der Waals surface area contributed by atoms with Crippen LogP contribution in [-0.2, 0) is 32.7 Å². The first-order valence-electron chi connectivity index (χ1n) is 36.9. The van der Waals surface area contributed by atoms with Crippen molar-refractivity contribution in [3.8, 4) is 0 Å². The summed E-state index contributed by atoms with van der Waals surface area (Å²) in [5, 5.41) is 0. The van der Waals surface area contributed by atoms with E-state index < -0.39 is 26.5 Å². The largest absolute Gasteiger partial charge is 0.472 e. The number of esters is 2. The highest BCUT2D eigenvalue weighted by molar-refractivity contribution is 7.47. The van der Waals surface area contributed by atoms with Gasteiger partial charge >= 0.3 is 19.8 Å². The van der Waals surface area contributed by atoms with Crippen molar-refractivity contribution in [1.82, 2.24) is 0 Å². The van der Waals surface area contributed by atoms with E-state index in [4.69, 9.17) is 18.5 Å². The van der Waals surface area contributed by atoms with Crippen LogP contribution in [-0.4, -0.2) is 74.9 Å². The number of likely N-dealkylation sites (N-methyl/N-ethyl adjacent to an activating group) is 1. The molecule has 2 atom stereocenters. The maximum atomic E-state index is 12.9. The van der Waals surface area contributed by atoms with E-state index in [2.05, 4.69) is 148 Å². The van der Waals surface area contributed by atoms with Gasteiger partial charge in [0.2, 0.25) is 0 Å². The van der Waals surface area contributed by atoms with Gasteiger partial charge in [0.05, 0.1) is 27.7 Å². The number of quaternary nitrogens is 1. The molecule has 0 aromatic carbocycles. The normalized spacial score (nSPS) is 13.9. The van der Waals surface area contributed by atoms with Crippen molar-refractivity contribution in [1.29, 1.82) is 0 Å². The van der Waals surface area contributed by atoms with Gasteiger partial charge in [0, 0.05) is 12.8 Å². The summed E-state index contributed by atoms with van der Waals surface area (Å²) in [7, 11) is 1.46. The van der Waals surface area contributed by atoms with E-state index in [0.29, 0.717) is 17.4 Å². The minimum Gasteiger partial charge on any atom is -0.462 e. The van der Waals surface area contributed by atoms with Crippen molar-refractivity contribution in [2.75, 3.05) is 47.5 Å². The Morgan fingerprint density at radius 1 is 0.356 bits per heavy atom. The molecule has 10 heteroatoms. The Hall–Kier alpha value is -3.85. The van der Waals surface area contributed by atoms with Gasteiger partial charge in [0.25, 0.3) is 0 Å². The predicted molar refractivity (Wildman–Crippen MR) is 390 cm³/mol. The summed E-state index contributed by atoms with van der Waals surface area (Å²) in [5.74, 6) is -0.816. The minimum atomic E-state index is -4.41. The zero-order chi connectivity index (χ0) is 65.5. The molecule has 1 N–H and O–H groups in total. The summed E-state index contributed by atoms with van der Waals surface area (Å²) in [6.07, 6.45) is 101. The molecule has 0 bridgehead atoms. The lowest BCUT2D eigenvalue weighted by Gasteiger charge is -2.24. The van der Waals surface area contributed by atoms with Crippen molar-refractivity contribution < 1.29 is 42.1 Å². The molecule has 0 amide bonds. The van der Waals surface area contributed by atoms with Gasteiger partial charge in [-0.2, -0.15) is 0 Å². The molecular weight excluding hydrogens is 1130 g/mol. The van der Waals surface area contributed by atoms with Gasteiger partial charge in [0.15, 0.2) is 6.10 Å². The molecule has 0 rings (SSSR count). The maximum Gasteiger partial charge on any atom is 0.472 e. The summed E-state index contributed by atoms with van der Waals surface area (Å²) in [6, 6.07) is 0. The summed E-state index contributed by atoms with van der Waals surface area (Å²) in [4.78, 5) is 35.9. The van der Waals surface area contributed by atoms with Gasteiger partial charge in [-0.3, -0.25) is 18.6 Å². The lowest BCUT2D eigenvalue weighted by atomic mass is 10.0. The second-order valence-corrected chi connectivity index (χ2v) is 27.1. The third-order valence-corrected chi connectivity index (χ3v) is 16.7. The predicted octanol–water partition coefficient (Wildman–Crippen LogP) is 24.4. The molecule has 0 saturated heterocycles. The molecule has 0 heterocycles. The van der Waals surface area contributed by atoms with Crippen LogP contribution in [0.4, 0.5) is 0 Å². The van der Waals surface area contributed by atoms with Crippen LogP contribution in [0.25, 0.3) is 0 Å². The number of ether oxygens (including phenoxy) is 2. The zero-order valence-electron chi connectivity index (χ0n) is 58.8. The van der Waals surface area contributed by atoms with Crippen LogP contribution in [0.3, 0.4) is 0 Å². The van der Waals surface area contributed by atoms with Crippen molar-refractivity contribution in [3.63, 3.8) is 0 Å². The molecule has 0 aromatic rings. The Morgan fingerprint density at radius 3 is 0.944 bits per heavy atom. The molecule has 0 radical (unpaired) electrons. The molecule has 0 spiro atoms. The molecule has 9 nitrogen and oxygen atoms in total. The van der Waals surface area contributed by atoms with Crippen molar-refractivity contribution >= 4 is 19.8 Å². The Labute approximate surface area is 555 Å². The number of hydrogen-bond acceptors (Lipinski definition) is 7. The SMILES string of the molecule is CC/C=C\C/C=C\C/C=C\C/C=C\C/C=C\C/C=C\C/C=C\C/C=C\C/C=C\C/C=C\C/C=C\CCCCCCCC(=O)OC(COC(=O)CCCCCCCCCCCCCCCCCCCCCCCCCCCCC)COP(=O)(O)OCC[N+](C)(C)C. The average molecular weight is 1270 g/mol. The van der Waals surface area contributed by atoms with Crippen LogP contribution in [0.15, 0.2) is 134 Å². The molecule has 0 aromatic heterocycles. The van der Waals surface area contributed by atoms with Crippen molar-refractivity contribution in [3.05, 3.63) is 134 Å². The van der Waals surface area contributed by atoms with Crippen LogP contribution >= 0.6 is 7.82 Å². The number of hydrogen-bond donors (Lipinski definition) is 1. The number of carbonyl (C=O) groups is 2. The van der Waals surface area contributed by atoms with Gasteiger partial charge < -0.3 is 18.9 Å². The van der Waals surface area contributed by atoms with Crippen LogP contribution in [0, 0.1) is 0 Å². The van der Waals surface area contributed by atoms with Crippen LogP contribution in [0.5, 0.6) is 0 Å². The third kappa shape index (κ3) is 73.2. The van der Waals surface area contributed by atoms with Crippen molar-refractivity contribution in [2.45, 2.75) is 315 Å². The van der Waals surface area contributed by atoms with Gasteiger partial charge in [-0.25, -0.2) is 4.57 Å². The smallest absolute Gasteiger partial charge is 0.462 e. The molecule has 0 aliphatic carbocycles. The molecule has 0 aliphatic rings. The molecule has 2 unspecified atom stereocenters. The Balaban J connectivity index is 4.12.